The Bertz CT molecular complexity index is 1120. The van der Waals surface area contributed by atoms with Gasteiger partial charge >= 0.3 is 5.97 Å². The third kappa shape index (κ3) is 2.96. The van der Waals surface area contributed by atoms with Crippen LogP contribution >= 0.6 is 15.9 Å². The number of halogens is 1. The first-order valence-corrected chi connectivity index (χ1v) is 9.21. The van der Waals surface area contributed by atoms with E-state index in [0.29, 0.717) is 39.5 Å². The molecule has 0 atom stereocenters. The van der Waals surface area contributed by atoms with Crippen LogP contribution in [-0.2, 0) is 6.42 Å². The van der Waals surface area contributed by atoms with Crippen LogP contribution in [0.4, 0.5) is 0 Å². The van der Waals surface area contributed by atoms with Crippen molar-refractivity contribution in [2.45, 2.75) is 12.8 Å². The maximum atomic E-state index is 11.9. The molecule has 6 heteroatoms. The highest BCUT2D eigenvalue weighted by molar-refractivity contribution is 9.10. The summed E-state index contributed by atoms with van der Waals surface area (Å²) in [7, 11) is 1.50. The minimum atomic E-state index is -0.930. The van der Waals surface area contributed by atoms with Gasteiger partial charge in [0.25, 0.3) is 0 Å². The van der Waals surface area contributed by atoms with Crippen LogP contribution in [0.2, 0.25) is 0 Å². The number of benzene rings is 2. The molecule has 3 aromatic rings. The molecule has 0 radical (unpaired) electrons. The molecule has 27 heavy (non-hydrogen) atoms. The lowest BCUT2D eigenvalue weighted by molar-refractivity contribution is 0.0698. The van der Waals surface area contributed by atoms with Crippen LogP contribution in [0.25, 0.3) is 22.6 Å². The second kappa shape index (κ2) is 6.70. The smallest absolute Gasteiger partial charge is 0.336 e. The van der Waals surface area contributed by atoms with Crippen molar-refractivity contribution in [2.24, 2.45) is 0 Å². The number of aromatic carboxylic acids is 1. The Balaban J connectivity index is 1.90. The number of hydrogen-bond donors (Lipinski definition) is 2. The molecule has 1 aliphatic carbocycles. The summed E-state index contributed by atoms with van der Waals surface area (Å²) in [5.41, 5.74) is 4.32. The zero-order valence-corrected chi connectivity index (χ0v) is 16.1. The van der Waals surface area contributed by atoms with E-state index in [1.54, 1.807) is 18.2 Å². The number of phenolic OH excluding ortho intramolecular Hbond substituents is 1. The lowest BCUT2D eigenvalue weighted by Crippen LogP contribution is -2.05. The Hall–Kier alpha value is -2.86. The zero-order valence-electron chi connectivity index (χ0n) is 14.5. The Kier molecular flexibility index (Phi) is 4.36. The molecule has 4 rings (SSSR count). The van der Waals surface area contributed by atoms with Crippen molar-refractivity contribution >= 4 is 44.5 Å². The molecule has 5 nitrogen and oxygen atoms in total. The van der Waals surface area contributed by atoms with Gasteiger partial charge in [0.2, 0.25) is 0 Å². The van der Waals surface area contributed by atoms with Gasteiger partial charge in [0, 0.05) is 5.39 Å². The summed E-state index contributed by atoms with van der Waals surface area (Å²) in [5.74, 6) is -0.518. The van der Waals surface area contributed by atoms with E-state index in [0.717, 1.165) is 22.4 Å². The maximum Gasteiger partial charge on any atom is 0.336 e. The van der Waals surface area contributed by atoms with Crippen LogP contribution in [0.5, 0.6) is 11.5 Å². The van der Waals surface area contributed by atoms with Crippen molar-refractivity contribution in [3.63, 3.8) is 0 Å². The molecular formula is C21H16BrNO4. The van der Waals surface area contributed by atoms with Crippen LogP contribution in [0.1, 0.15) is 33.6 Å². The van der Waals surface area contributed by atoms with Crippen molar-refractivity contribution in [1.82, 2.24) is 4.98 Å². The lowest BCUT2D eigenvalue weighted by Gasteiger charge is -2.10. The highest BCUT2D eigenvalue weighted by Crippen LogP contribution is 2.40. The van der Waals surface area contributed by atoms with Gasteiger partial charge < -0.3 is 14.9 Å². The number of aromatic hydroxyl groups is 1. The number of methoxy groups -OCH3 is 1. The molecule has 0 spiro atoms. The highest BCUT2D eigenvalue weighted by Gasteiger charge is 2.26. The summed E-state index contributed by atoms with van der Waals surface area (Å²) in [6.45, 7) is 0. The molecule has 0 saturated heterocycles. The number of nitrogens with zero attached hydrogens (tertiary/aromatic N) is 1. The monoisotopic (exact) mass is 425 g/mol. The SMILES string of the molecule is COc1cc(/C=C2/CCc3c2nc2ccccc2c3C(=O)O)cc(Br)c1O. The number of ether oxygens (including phenoxy) is 1. The first-order valence-electron chi connectivity index (χ1n) is 8.42. The standard InChI is InChI=1S/C21H16BrNO4/c1-27-17-10-11(9-15(22)20(17)24)8-12-6-7-14-18(21(25)26)13-4-2-3-5-16(13)23-19(12)14/h2-5,8-10,24H,6-7H2,1H3,(H,25,26)/b12-8-. The van der Waals surface area contributed by atoms with Gasteiger partial charge in [0.15, 0.2) is 11.5 Å². The summed E-state index contributed by atoms with van der Waals surface area (Å²) in [5, 5.41) is 20.4. The molecule has 0 amide bonds. The third-order valence-corrected chi connectivity index (χ3v) is 5.37. The molecule has 2 N–H and O–H groups in total. The number of hydrogen-bond acceptors (Lipinski definition) is 4. The number of aromatic nitrogens is 1. The molecule has 2 aromatic carbocycles. The predicted molar refractivity (Wildman–Crippen MR) is 107 cm³/mol. The van der Waals surface area contributed by atoms with Gasteiger partial charge in [-0.15, -0.1) is 0 Å². The Morgan fingerprint density at radius 1 is 1.26 bits per heavy atom. The normalized spacial score (nSPS) is 14.5. The summed E-state index contributed by atoms with van der Waals surface area (Å²) in [4.78, 5) is 16.6. The van der Waals surface area contributed by atoms with Gasteiger partial charge in [-0.3, -0.25) is 0 Å². The van der Waals surface area contributed by atoms with Gasteiger partial charge in [0.1, 0.15) is 0 Å². The van der Waals surface area contributed by atoms with E-state index in [9.17, 15) is 15.0 Å². The molecule has 136 valence electrons. The predicted octanol–water partition coefficient (Wildman–Crippen LogP) is 4.90. The van der Waals surface area contributed by atoms with Crippen molar-refractivity contribution in [1.29, 1.82) is 0 Å². The molecular weight excluding hydrogens is 410 g/mol. The minimum absolute atomic E-state index is 0.0451. The van der Waals surface area contributed by atoms with Crippen molar-refractivity contribution in [3.8, 4) is 11.5 Å². The van der Waals surface area contributed by atoms with Gasteiger partial charge in [-0.2, -0.15) is 0 Å². The topological polar surface area (TPSA) is 79.7 Å². The quantitative estimate of drug-likeness (QED) is 0.623. The lowest BCUT2D eigenvalue weighted by atomic mass is 10.0. The van der Waals surface area contributed by atoms with Crippen molar-refractivity contribution < 1.29 is 19.7 Å². The Morgan fingerprint density at radius 2 is 2.04 bits per heavy atom. The number of para-hydroxylation sites is 1. The summed E-state index contributed by atoms with van der Waals surface area (Å²) in [6.07, 6.45) is 3.31. The van der Waals surface area contributed by atoms with E-state index in [1.165, 1.54) is 7.11 Å². The fraction of sp³-hybridized carbons (Fsp3) is 0.143. The van der Waals surface area contributed by atoms with Crippen molar-refractivity contribution in [3.05, 3.63) is 63.3 Å². The second-order valence-electron chi connectivity index (χ2n) is 6.36. The van der Waals surface area contributed by atoms with E-state index in [1.807, 2.05) is 24.3 Å². The summed E-state index contributed by atoms with van der Waals surface area (Å²) in [6, 6.07) is 10.8. The largest absolute Gasteiger partial charge is 0.503 e. The number of allylic oxidation sites excluding steroid dienone is 1. The van der Waals surface area contributed by atoms with Crippen LogP contribution in [0.15, 0.2) is 40.9 Å². The Morgan fingerprint density at radius 3 is 2.78 bits per heavy atom. The van der Waals surface area contributed by atoms with E-state index in [2.05, 4.69) is 15.9 Å². The van der Waals surface area contributed by atoms with Crippen LogP contribution in [0, 0.1) is 0 Å². The van der Waals surface area contributed by atoms with Gasteiger partial charge in [-0.05, 0) is 69.7 Å². The van der Waals surface area contributed by atoms with Crippen LogP contribution in [0.3, 0.4) is 0 Å². The number of rotatable bonds is 3. The number of phenols is 1. The first kappa shape index (κ1) is 17.5. The van der Waals surface area contributed by atoms with Gasteiger partial charge in [-0.25, -0.2) is 9.78 Å². The highest BCUT2D eigenvalue weighted by atomic mass is 79.9. The molecule has 1 aliphatic rings. The number of carboxylic acid groups (broad SMARTS) is 1. The number of carbonyl (C=O) groups is 1. The number of pyridine rings is 1. The molecule has 0 bridgehead atoms. The molecule has 0 unspecified atom stereocenters. The van der Waals surface area contributed by atoms with E-state index in [-0.39, 0.29) is 5.75 Å². The molecule has 0 fully saturated rings. The molecule has 1 heterocycles. The molecule has 0 saturated carbocycles. The van der Waals surface area contributed by atoms with Gasteiger partial charge in [-0.1, -0.05) is 18.2 Å². The van der Waals surface area contributed by atoms with Gasteiger partial charge in [0.05, 0.1) is 28.4 Å². The average molecular weight is 426 g/mol. The summed E-state index contributed by atoms with van der Waals surface area (Å²) < 4.78 is 5.74. The summed E-state index contributed by atoms with van der Waals surface area (Å²) >= 11 is 3.33. The number of carboxylic acids is 1. The average Bonchev–Trinajstić information content (AvgIpc) is 3.04. The molecule has 0 aliphatic heterocycles. The maximum absolute atomic E-state index is 11.9. The Labute approximate surface area is 164 Å². The minimum Gasteiger partial charge on any atom is -0.503 e. The molecule has 1 aromatic heterocycles. The number of fused-ring (bicyclic) bond motifs is 2. The van der Waals surface area contributed by atoms with Crippen LogP contribution < -0.4 is 4.74 Å². The van der Waals surface area contributed by atoms with Crippen molar-refractivity contribution in [2.75, 3.05) is 7.11 Å². The third-order valence-electron chi connectivity index (χ3n) is 4.77. The van der Waals surface area contributed by atoms with E-state index >= 15 is 0 Å². The van der Waals surface area contributed by atoms with Crippen LogP contribution in [-0.4, -0.2) is 28.3 Å². The fourth-order valence-electron chi connectivity index (χ4n) is 3.56. The second-order valence-corrected chi connectivity index (χ2v) is 7.21. The zero-order chi connectivity index (χ0) is 19.1. The van der Waals surface area contributed by atoms with E-state index in [4.69, 9.17) is 9.72 Å². The fourth-order valence-corrected chi connectivity index (χ4v) is 4.02. The first-order chi connectivity index (χ1) is 13.0. The van der Waals surface area contributed by atoms with E-state index < -0.39 is 5.97 Å².